The lowest BCUT2D eigenvalue weighted by Gasteiger charge is -2.02. The highest BCUT2D eigenvalue weighted by Crippen LogP contribution is 2.45. The molecule has 9 aromatic rings. The average molecular weight is 513 g/mol. The summed E-state index contributed by atoms with van der Waals surface area (Å²) in [6, 6.07) is 35.3. The Morgan fingerprint density at radius 3 is 2.08 bits per heavy atom. The van der Waals surface area contributed by atoms with Crippen LogP contribution in [0.15, 0.2) is 97.1 Å². The monoisotopic (exact) mass is 512 g/mol. The highest BCUT2D eigenvalue weighted by Gasteiger charge is 2.20. The van der Waals surface area contributed by atoms with Crippen molar-refractivity contribution in [2.24, 2.45) is 0 Å². The number of rotatable bonds is 1. The number of hydrogen-bond acceptors (Lipinski definition) is 4. The lowest BCUT2D eigenvalue weighted by molar-refractivity contribution is 1.15. The molecule has 0 saturated carbocycles. The molecule has 2 nitrogen and oxygen atoms in total. The standard InChI is InChI=1S/C31H16N2S3/c1-4-10-21-19(8-1)27-22(14-13-18-17-7-2-5-11-23(17)35-30(18)27)33(21)31-32-29-26(36-31)16-15-25-28(29)20-9-3-6-12-24(20)34-25/h1-16H. The van der Waals surface area contributed by atoms with Crippen LogP contribution in [-0.2, 0) is 0 Å². The number of aromatic nitrogens is 2. The van der Waals surface area contributed by atoms with Crippen LogP contribution in [0.1, 0.15) is 0 Å². The van der Waals surface area contributed by atoms with Gasteiger partial charge in [0.15, 0.2) is 5.13 Å². The van der Waals surface area contributed by atoms with Gasteiger partial charge in [-0.15, -0.1) is 22.7 Å². The van der Waals surface area contributed by atoms with Crippen molar-refractivity contribution in [3.63, 3.8) is 0 Å². The molecule has 0 aliphatic rings. The van der Waals surface area contributed by atoms with Crippen molar-refractivity contribution >= 4 is 106 Å². The Morgan fingerprint density at radius 1 is 0.472 bits per heavy atom. The highest BCUT2D eigenvalue weighted by molar-refractivity contribution is 7.27. The van der Waals surface area contributed by atoms with Crippen molar-refractivity contribution in [1.82, 2.24) is 9.55 Å². The second-order valence-corrected chi connectivity index (χ2v) is 12.3. The molecular formula is C31H16N2S3. The molecule has 0 atom stereocenters. The molecule has 4 heterocycles. The van der Waals surface area contributed by atoms with Gasteiger partial charge in [-0.3, -0.25) is 4.57 Å². The smallest absolute Gasteiger partial charge is 0.195 e. The Hall–Kier alpha value is -3.77. The first-order chi connectivity index (χ1) is 17.8. The molecule has 0 unspecified atom stereocenters. The third-order valence-corrected chi connectivity index (χ3v) is 10.6. The Labute approximate surface area is 217 Å². The van der Waals surface area contributed by atoms with Gasteiger partial charge in [-0.25, -0.2) is 4.98 Å². The zero-order valence-electron chi connectivity index (χ0n) is 18.9. The van der Waals surface area contributed by atoms with Gasteiger partial charge in [0.1, 0.15) is 0 Å². The summed E-state index contributed by atoms with van der Waals surface area (Å²) in [5, 5.41) is 8.89. The van der Waals surface area contributed by atoms with Gasteiger partial charge in [-0.2, -0.15) is 0 Å². The van der Waals surface area contributed by atoms with E-state index in [1.54, 1.807) is 11.3 Å². The zero-order valence-corrected chi connectivity index (χ0v) is 21.3. The third-order valence-electron chi connectivity index (χ3n) is 7.26. The van der Waals surface area contributed by atoms with E-state index >= 15 is 0 Å². The van der Waals surface area contributed by atoms with Crippen LogP contribution in [0.2, 0.25) is 0 Å². The molecule has 0 amide bonds. The summed E-state index contributed by atoms with van der Waals surface area (Å²) >= 11 is 5.53. The van der Waals surface area contributed by atoms with E-state index in [0.29, 0.717) is 0 Å². The van der Waals surface area contributed by atoms with Crippen molar-refractivity contribution in [1.29, 1.82) is 0 Å². The summed E-state index contributed by atoms with van der Waals surface area (Å²) in [6.07, 6.45) is 0. The first-order valence-electron chi connectivity index (χ1n) is 11.9. The van der Waals surface area contributed by atoms with Gasteiger partial charge < -0.3 is 0 Å². The Bertz CT molecular complexity index is 2330. The minimum atomic E-state index is 1.03. The molecule has 4 aromatic heterocycles. The first-order valence-corrected chi connectivity index (χ1v) is 14.3. The second-order valence-electron chi connectivity index (χ2n) is 9.17. The summed E-state index contributed by atoms with van der Waals surface area (Å²) in [5.74, 6) is 0. The lowest BCUT2D eigenvalue weighted by Crippen LogP contribution is -1.92. The van der Waals surface area contributed by atoms with Crippen LogP contribution < -0.4 is 0 Å². The summed E-state index contributed by atoms with van der Waals surface area (Å²) in [6.45, 7) is 0. The normalized spacial score (nSPS) is 12.4. The van der Waals surface area contributed by atoms with Crippen LogP contribution in [0, 0.1) is 0 Å². The fourth-order valence-electron chi connectivity index (χ4n) is 5.73. The summed E-state index contributed by atoms with van der Waals surface area (Å²) in [4.78, 5) is 5.32. The minimum Gasteiger partial charge on any atom is -0.285 e. The summed E-state index contributed by atoms with van der Waals surface area (Å²) < 4.78 is 8.92. The quantitative estimate of drug-likeness (QED) is 0.214. The van der Waals surface area contributed by atoms with Crippen molar-refractivity contribution in [3.05, 3.63) is 97.1 Å². The van der Waals surface area contributed by atoms with Crippen LogP contribution in [0.3, 0.4) is 0 Å². The van der Waals surface area contributed by atoms with E-state index in [1.165, 1.54) is 66.9 Å². The number of benzene rings is 5. The predicted molar refractivity (Wildman–Crippen MR) is 160 cm³/mol. The molecule has 0 aliphatic carbocycles. The molecular weight excluding hydrogens is 497 g/mol. The maximum atomic E-state index is 5.32. The zero-order chi connectivity index (χ0) is 23.4. The van der Waals surface area contributed by atoms with Crippen LogP contribution in [0.5, 0.6) is 0 Å². The molecule has 5 heteroatoms. The van der Waals surface area contributed by atoms with Gasteiger partial charge in [0.05, 0.1) is 21.3 Å². The number of para-hydroxylation sites is 1. The minimum absolute atomic E-state index is 1.03. The molecule has 0 bridgehead atoms. The van der Waals surface area contributed by atoms with Crippen LogP contribution >= 0.6 is 34.0 Å². The number of hydrogen-bond donors (Lipinski definition) is 0. The fraction of sp³-hybridized carbons (Fsp3) is 0. The molecule has 168 valence electrons. The summed E-state index contributed by atoms with van der Waals surface area (Å²) in [7, 11) is 0. The maximum absolute atomic E-state index is 5.32. The van der Waals surface area contributed by atoms with Gasteiger partial charge >= 0.3 is 0 Å². The predicted octanol–water partition coefficient (Wildman–Crippen LogP) is 10.1. The highest BCUT2D eigenvalue weighted by atomic mass is 32.1. The van der Waals surface area contributed by atoms with E-state index in [2.05, 4.69) is 102 Å². The lowest BCUT2D eigenvalue weighted by atomic mass is 10.1. The van der Waals surface area contributed by atoms with Crippen molar-refractivity contribution in [3.8, 4) is 5.13 Å². The Kier molecular flexibility index (Phi) is 3.73. The van der Waals surface area contributed by atoms with Gasteiger partial charge in [0, 0.05) is 51.1 Å². The van der Waals surface area contributed by atoms with E-state index in [1.807, 2.05) is 22.7 Å². The molecule has 0 N–H and O–H groups in total. The van der Waals surface area contributed by atoms with Gasteiger partial charge in [0.25, 0.3) is 0 Å². The largest absolute Gasteiger partial charge is 0.285 e. The van der Waals surface area contributed by atoms with Gasteiger partial charge in [-0.05, 0) is 36.4 Å². The first kappa shape index (κ1) is 19.4. The van der Waals surface area contributed by atoms with Crippen LogP contribution in [0.4, 0.5) is 0 Å². The van der Waals surface area contributed by atoms with Crippen molar-refractivity contribution in [2.75, 3.05) is 0 Å². The number of fused-ring (bicyclic) bond motifs is 12. The van der Waals surface area contributed by atoms with E-state index < -0.39 is 0 Å². The SMILES string of the molecule is c1ccc2c(c1)sc1c2ccc2c1c1ccccc1n2-c1nc2c(ccc3sc4ccccc4c32)s1. The molecule has 0 fully saturated rings. The van der Waals surface area contributed by atoms with E-state index in [-0.39, 0.29) is 0 Å². The van der Waals surface area contributed by atoms with Gasteiger partial charge in [0.2, 0.25) is 0 Å². The van der Waals surface area contributed by atoms with E-state index in [4.69, 9.17) is 4.98 Å². The topological polar surface area (TPSA) is 17.8 Å². The molecule has 0 saturated heterocycles. The van der Waals surface area contributed by atoms with Crippen LogP contribution in [0.25, 0.3) is 77.5 Å². The molecule has 36 heavy (non-hydrogen) atoms. The van der Waals surface area contributed by atoms with Crippen molar-refractivity contribution in [2.45, 2.75) is 0 Å². The Balaban J connectivity index is 1.43. The average Bonchev–Trinajstić information content (AvgIpc) is 3.67. The molecule has 0 aliphatic heterocycles. The van der Waals surface area contributed by atoms with Crippen LogP contribution in [-0.4, -0.2) is 9.55 Å². The number of thiazole rings is 1. The Morgan fingerprint density at radius 2 is 1.19 bits per heavy atom. The number of nitrogens with zero attached hydrogens (tertiary/aromatic N) is 2. The van der Waals surface area contributed by atoms with E-state index in [9.17, 15) is 0 Å². The molecule has 9 rings (SSSR count). The maximum Gasteiger partial charge on any atom is 0.195 e. The molecule has 5 aromatic carbocycles. The van der Waals surface area contributed by atoms with Crippen molar-refractivity contribution < 1.29 is 0 Å². The van der Waals surface area contributed by atoms with Gasteiger partial charge in [-0.1, -0.05) is 72.0 Å². The summed E-state index contributed by atoms with van der Waals surface area (Å²) in [5.41, 5.74) is 3.54. The fourth-order valence-corrected chi connectivity index (χ4v) is 9.10. The third kappa shape index (κ3) is 2.42. The number of thiophene rings is 2. The van der Waals surface area contributed by atoms with E-state index in [0.717, 1.165) is 10.6 Å². The second kappa shape index (κ2) is 6.92. The molecule has 0 spiro atoms. The molecule has 0 radical (unpaired) electrons.